The number of allylic oxidation sites excluding steroid dienone is 1. The minimum absolute atomic E-state index is 0. The number of hydrogen-bond donors (Lipinski definition) is 1. The van der Waals surface area contributed by atoms with Gasteiger partial charge in [-0.25, -0.2) is 0 Å². The van der Waals surface area contributed by atoms with E-state index < -0.39 is 5.97 Å². The van der Waals surface area contributed by atoms with Gasteiger partial charge in [-0.15, -0.1) is 19.0 Å². The van der Waals surface area contributed by atoms with Crippen LogP contribution in [-0.2, 0) is 14.3 Å². The standard InChI is InChI=1S/C11H18O4.ClH/c1-2-3-4-5-9-15-11(14)8-6-7-10(12)13;/h2H,1,3-9H2,(H,12,13);1H. The predicted molar refractivity (Wildman–Crippen MR) is 63.7 cm³/mol. The molecule has 0 aromatic carbocycles. The van der Waals surface area contributed by atoms with Gasteiger partial charge in [-0.3, -0.25) is 9.59 Å². The lowest BCUT2D eigenvalue weighted by atomic mass is 10.2. The van der Waals surface area contributed by atoms with Crippen LogP contribution in [0.5, 0.6) is 0 Å². The number of carbonyl (C=O) groups is 2. The molecule has 0 saturated carbocycles. The molecule has 0 amide bonds. The Bertz CT molecular complexity index is 216. The average Bonchev–Trinajstić information content (AvgIpc) is 2.17. The van der Waals surface area contributed by atoms with Crippen LogP contribution in [0.4, 0.5) is 0 Å². The van der Waals surface area contributed by atoms with Gasteiger partial charge in [0.05, 0.1) is 6.61 Å². The lowest BCUT2D eigenvalue weighted by Gasteiger charge is -2.03. The number of esters is 1. The summed E-state index contributed by atoms with van der Waals surface area (Å²) in [6.07, 6.45) is 5.11. The van der Waals surface area contributed by atoms with E-state index in [9.17, 15) is 9.59 Å². The van der Waals surface area contributed by atoms with Crippen LogP contribution in [0.2, 0.25) is 0 Å². The molecule has 16 heavy (non-hydrogen) atoms. The van der Waals surface area contributed by atoms with E-state index in [2.05, 4.69) is 6.58 Å². The van der Waals surface area contributed by atoms with Crippen molar-refractivity contribution in [2.24, 2.45) is 0 Å². The molecule has 0 radical (unpaired) electrons. The first-order chi connectivity index (χ1) is 7.16. The van der Waals surface area contributed by atoms with Crippen LogP contribution >= 0.6 is 12.4 Å². The van der Waals surface area contributed by atoms with Crippen LogP contribution in [-0.4, -0.2) is 23.7 Å². The van der Waals surface area contributed by atoms with E-state index in [4.69, 9.17) is 9.84 Å². The Hall–Kier alpha value is -1.03. The normalized spacial score (nSPS) is 9.00. The van der Waals surface area contributed by atoms with Crippen molar-refractivity contribution >= 4 is 24.3 Å². The number of unbranched alkanes of at least 4 members (excludes halogenated alkanes) is 2. The van der Waals surface area contributed by atoms with Gasteiger partial charge in [0.1, 0.15) is 0 Å². The Morgan fingerprint density at radius 2 is 1.88 bits per heavy atom. The third-order valence-corrected chi connectivity index (χ3v) is 1.84. The first-order valence-electron chi connectivity index (χ1n) is 5.15. The molecule has 94 valence electrons. The molecule has 0 unspecified atom stereocenters. The average molecular weight is 251 g/mol. The molecule has 5 heteroatoms. The van der Waals surface area contributed by atoms with Gasteiger partial charge in [-0.1, -0.05) is 6.08 Å². The number of carbonyl (C=O) groups excluding carboxylic acids is 1. The summed E-state index contributed by atoms with van der Waals surface area (Å²) in [5, 5.41) is 8.34. The fourth-order valence-electron chi connectivity index (χ4n) is 1.03. The molecule has 0 aromatic heterocycles. The van der Waals surface area contributed by atoms with Crippen molar-refractivity contribution < 1.29 is 19.4 Å². The molecule has 0 rings (SSSR count). The molecule has 0 aromatic rings. The maximum absolute atomic E-state index is 11.0. The third kappa shape index (κ3) is 13.0. The van der Waals surface area contributed by atoms with E-state index in [1.54, 1.807) is 0 Å². The van der Waals surface area contributed by atoms with Crippen LogP contribution in [0.3, 0.4) is 0 Å². The molecule has 0 spiro atoms. The van der Waals surface area contributed by atoms with Crippen LogP contribution < -0.4 is 0 Å². The van der Waals surface area contributed by atoms with Crippen molar-refractivity contribution in [2.45, 2.75) is 38.5 Å². The first kappa shape index (κ1) is 17.4. The zero-order valence-corrected chi connectivity index (χ0v) is 10.1. The maximum atomic E-state index is 11.0. The number of hydrogen-bond acceptors (Lipinski definition) is 3. The van der Waals surface area contributed by atoms with Crippen LogP contribution in [0.25, 0.3) is 0 Å². The molecule has 0 saturated heterocycles. The summed E-state index contributed by atoms with van der Waals surface area (Å²) in [4.78, 5) is 21.2. The highest BCUT2D eigenvalue weighted by Crippen LogP contribution is 2.00. The Labute approximate surface area is 102 Å². The van der Waals surface area contributed by atoms with Crippen molar-refractivity contribution in [1.29, 1.82) is 0 Å². The van der Waals surface area contributed by atoms with Crippen molar-refractivity contribution in [3.8, 4) is 0 Å². The Kier molecular flexibility index (Phi) is 13.1. The van der Waals surface area contributed by atoms with Gasteiger partial charge in [0.15, 0.2) is 0 Å². The van der Waals surface area contributed by atoms with Crippen LogP contribution in [0.1, 0.15) is 38.5 Å². The van der Waals surface area contributed by atoms with E-state index in [1.807, 2.05) is 6.08 Å². The molecule has 0 fully saturated rings. The lowest BCUT2D eigenvalue weighted by Crippen LogP contribution is -2.06. The van der Waals surface area contributed by atoms with Crippen molar-refractivity contribution in [1.82, 2.24) is 0 Å². The monoisotopic (exact) mass is 250 g/mol. The maximum Gasteiger partial charge on any atom is 0.305 e. The summed E-state index contributed by atoms with van der Waals surface area (Å²) < 4.78 is 4.90. The van der Waals surface area contributed by atoms with E-state index in [0.717, 1.165) is 19.3 Å². The summed E-state index contributed by atoms with van der Waals surface area (Å²) in [6, 6.07) is 0. The number of ether oxygens (including phenoxy) is 1. The van der Waals surface area contributed by atoms with E-state index in [1.165, 1.54) is 0 Å². The van der Waals surface area contributed by atoms with E-state index in [0.29, 0.717) is 13.0 Å². The molecule has 1 N–H and O–H groups in total. The summed E-state index contributed by atoms with van der Waals surface area (Å²) in [5.41, 5.74) is 0. The SMILES string of the molecule is C=CCCCCOC(=O)CCCC(=O)O.Cl. The first-order valence-corrected chi connectivity index (χ1v) is 5.15. The molecule has 0 heterocycles. The quantitative estimate of drug-likeness (QED) is 0.388. The molecular weight excluding hydrogens is 232 g/mol. The highest BCUT2D eigenvalue weighted by molar-refractivity contribution is 5.85. The van der Waals surface area contributed by atoms with Gasteiger partial charge in [-0.05, 0) is 25.7 Å². The van der Waals surface area contributed by atoms with Crippen molar-refractivity contribution in [3.05, 3.63) is 12.7 Å². The molecule has 0 aliphatic rings. The highest BCUT2D eigenvalue weighted by Gasteiger charge is 2.04. The topological polar surface area (TPSA) is 63.6 Å². The molecule has 0 atom stereocenters. The van der Waals surface area contributed by atoms with Gasteiger partial charge in [0, 0.05) is 12.8 Å². The molecule has 0 aliphatic carbocycles. The summed E-state index contributed by atoms with van der Waals surface area (Å²) >= 11 is 0. The number of aliphatic carboxylic acids is 1. The minimum atomic E-state index is -0.881. The van der Waals surface area contributed by atoms with Crippen molar-refractivity contribution in [3.63, 3.8) is 0 Å². The predicted octanol–water partition coefficient (Wildman–Crippen LogP) is 2.56. The smallest absolute Gasteiger partial charge is 0.305 e. The second kappa shape index (κ2) is 12.0. The zero-order valence-electron chi connectivity index (χ0n) is 9.31. The zero-order chi connectivity index (χ0) is 11.5. The number of carboxylic acids is 1. The number of carboxylic acid groups (broad SMARTS) is 1. The van der Waals surface area contributed by atoms with Gasteiger partial charge < -0.3 is 9.84 Å². The van der Waals surface area contributed by atoms with Gasteiger partial charge in [0.25, 0.3) is 0 Å². The fraction of sp³-hybridized carbons (Fsp3) is 0.636. The number of halogens is 1. The summed E-state index contributed by atoms with van der Waals surface area (Å²) in [7, 11) is 0. The molecule has 0 bridgehead atoms. The third-order valence-electron chi connectivity index (χ3n) is 1.84. The largest absolute Gasteiger partial charge is 0.481 e. The van der Waals surface area contributed by atoms with Crippen LogP contribution in [0.15, 0.2) is 12.7 Å². The molecule has 0 aliphatic heterocycles. The molecular formula is C11H19ClO4. The highest BCUT2D eigenvalue weighted by atomic mass is 35.5. The second-order valence-corrected chi connectivity index (χ2v) is 3.25. The fourth-order valence-corrected chi connectivity index (χ4v) is 1.03. The van der Waals surface area contributed by atoms with Gasteiger partial charge in [-0.2, -0.15) is 0 Å². The summed E-state index contributed by atoms with van der Waals surface area (Å²) in [6.45, 7) is 4.00. The summed E-state index contributed by atoms with van der Waals surface area (Å²) in [5.74, 6) is -1.19. The van der Waals surface area contributed by atoms with Crippen LogP contribution in [0, 0.1) is 0 Å². The Morgan fingerprint density at radius 3 is 2.44 bits per heavy atom. The minimum Gasteiger partial charge on any atom is -0.481 e. The van der Waals surface area contributed by atoms with E-state index in [-0.39, 0.29) is 31.2 Å². The number of rotatable bonds is 9. The second-order valence-electron chi connectivity index (χ2n) is 3.25. The lowest BCUT2D eigenvalue weighted by molar-refractivity contribution is -0.144. The molecule has 4 nitrogen and oxygen atoms in total. The Morgan fingerprint density at radius 1 is 1.19 bits per heavy atom. The van der Waals surface area contributed by atoms with Crippen molar-refractivity contribution in [2.75, 3.05) is 6.61 Å². The van der Waals surface area contributed by atoms with E-state index >= 15 is 0 Å². The van der Waals surface area contributed by atoms with Gasteiger partial charge in [0.2, 0.25) is 0 Å². The van der Waals surface area contributed by atoms with Gasteiger partial charge >= 0.3 is 11.9 Å². The Balaban J connectivity index is 0.